The molecule has 40 heavy (non-hydrogen) atoms. The Morgan fingerprint density at radius 2 is 2.00 bits per heavy atom. The molecule has 1 aliphatic carbocycles. The lowest BCUT2D eigenvalue weighted by Crippen LogP contribution is -2.37. The van der Waals surface area contributed by atoms with Crippen LogP contribution in [-0.4, -0.2) is 77.1 Å². The maximum absolute atomic E-state index is 12.2. The minimum Gasteiger partial charge on any atom is -0.494 e. The van der Waals surface area contributed by atoms with Gasteiger partial charge in [-0.05, 0) is 45.3 Å². The molecule has 6 rings (SSSR count). The number of hydrogen-bond donors (Lipinski definition) is 2. The molecule has 11 heteroatoms. The molecule has 2 saturated heterocycles. The summed E-state index contributed by atoms with van der Waals surface area (Å²) in [7, 11) is 1.61. The topological polar surface area (TPSA) is 124 Å². The van der Waals surface area contributed by atoms with Crippen LogP contribution < -0.4 is 20.7 Å². The van der Waals surface area contributed by atoms with Gasteiger partial charge in [0.15, 0.2) is 5.82 Å². The van der Waals surface area contributed by atoms with Gasteiger partial charge in [-0.3, -0.25) is 9.69 Å². The minimum absolute atomic E-state index is 0.219. The second-order valence-electron chi connectivity index (χ2n) is 10.7. The van der Waals surface area contributed by atoms with Crippen molar-refractivity contribution >= 4 is 28.8 Å². The second-order valence-corrected chi connectivity index (χ2v) is 10.7. The molecule has 210 valence electrons. The number of aromatic nitrogens is 4. The van der Waals surface area contributed by atoms with E-state index in [-0.39, 0.29) is 5.57 Å². The summed E-state index contributed by atoms with van der Waals surface area (Å²) < 4.78 is 13.2. The summed E-state index contributed by atoms with van der Waals surface area (Å²) in [5.74, 6) is 1.66. The summed E-state index contributed by atoms with van der Waals surface area (Å²) >= 11 is 0. The summed E-state index contributed by atoms with van der Waals surface area (Å²) in [5, 5.41) is 8.28. The Morgan fingerprint density at radius 1 is 1.23 bits per heavy atom. The van der Waals surface area contributed by atoms with Gasteiger partial charge in [0, 0.05) is 72.0 Å². The first-order valence-corrected chi connectivity index (χ1v) is 13.9. The highest BCUT2D eigenvalue weighted by Gasteiger charge is 2.31. The Morgan fingerprint density at radius 3 is 2.65 bits per heavy atom. The number of hydrogen-bond acceptors (Lipinski definition) is 9. The normalized spacial score (nSPS) is 17.4. The van der Waals surface area contributed by atoms with E-state index in [1.807, 2.05) is 23.7 Å². The highest BCUT2D eigenvalue weighted by Crippen LogP contribution is 2.42. The van der Waals surface area contributed by atoms with E-state index >= 15 is 0 Å². The van der Waals surface area contributed by atoms with Crippen LogP contribution in [0.15, 0.2) is 31.1 Å². The smallest absolute Gasteiger partial charge is 0.248 e. The van der Waals surface area contributed by atoms with Crippen LogP contribution in [0.25, 0.3) is 11.4 Å². The number of carbonyl (C=O) groups excluding carboxylic acids is 1. The number of rotatable bonds is 10. The molecule has 0 spiro atoms. The molecule has 0 unspecified atom stereocenters. The number of anilines is 3. The molecule has 2 aromatic heterocycles. The number of amides is 1. The second kappa shape index (κ2) is 10.9. The van der Waals surface area contributed by atoms with Gasteiger partial charge in [-0.1, -0.05) is 6.58 Å². The Labute approximate surface area is 234 Å². The molecule has 0 bridgehead atoms. The van der Waals surface area contributed by atoms with Crippen molar-refractivity contribution in [3.05, 3.63) is 53.5 Å². The zero-order valence-corrected chi connectivity index (χ0v) is 23.2. The van der Waals surface area contributed by atoms with Crippen LogP contribution in [0.5, 0.6) is 5.75 Å². The summed E-state index contributed by atoms with van der Waals surface area (Å²) in [6.07, 6.45) is 7.56. The van der Waals surface area contributed by atoms with Gasteiger partial charge in [-0.15, -0.1) is 0 Å². The number of likely N-dealkylation sites (tertiary alicyclic amines) is 1. The van der Waals surface area contributed by atoms with E-state index in [0.29, 0.717) is 55.2 Å². The largest absolute Gasteiger partial charge is 0.494 e. The first-order chi connectivity index (χ1) is 19.4. The summed E-state index contributed by atoms with van der Waals surface area (Å²) in [4.78, 5) is 26.1. The van der Waals surface area contributed by atoms with Crippen molar-refractivity contribution in [2.75, 3.05) is 56.7 Å². The van der Waals surface area contributed by atoms with Crippen LogP contribution in [0.2, 0.25) is 0 Å². The molecular weight excluding hydrogens is 508 g/mol. The van der Waals surface area contributed by atoms with Gasteiger partial charge < -0.3 is 25.4 Å². The van der Waals surface area contributed by atoms with Crippen LogP contribution in [-0.2, 0) is 16.1 Å². The van der Waals surface area contributed by atoms with Crippen LogP contribution in [0, 0.1) is 6.92 Å². The third-order valence-electron chi connectivity index (χ3n) is 7.83. The van der Waals surface area contributed by atoms with Crippen molar-refractivity contribution in [2.45, 2.75) is 38.6 Å². The Balaban J connectivity index is 1.34. The van der Waals surface area contributed by atoms with Gasteiger partial charge in [0.25, 0.3) is 0 Å². The number of nitrogens with zero attached hydrogens (tertiary/aromatic N) is 6. The average molecular weight is 545 g/mol. The van der Waals surface area contributed by atoms with Gasteiger partial charge >= 0.3 is 0 Å². The highest BCUT2D eigenvalue weighted by molar-refractivity contribution is 6.19. The molecule has 4 heterocycles. The number of nitrogens with one attached hydrogen (secondary N) is 1. The molecule has 0 radical (unpaired) electrons. The predicted octanol–water partition coefficient (Wildman–Crippen LogP) is 3.14. The fourth-order valence-electron chi connectivity index (χ4n) is 5.26. The zero-order valence-electron chi connectivity index (χ0n) is 23.2. The van der Waals surface area contributed by atoms with E-state index in [9.17, 15) is 4.79 Å². The van der Waals surface area contributed by atoms with E-state index < -0.39 is 5.91 Å². The molecule has 1 aromatic carbocycles. The van der Waals surface area contributed by atoms with E-state index in [4.69, 9.17) is 25.3 Å². The first kappa shape index (κ1) is 26.3. The third-order valence-corrected chi connectivity index (χ3v) is 7.83. The quantitative estimate of drug-likeness (QED) is 0.371. The lowest BCUT2D eigenvalue weighted by atomic mass is 10.0. The lowest BCUT2D eigenvalue weighted by molar-refractivity contribution is -0.112. The van der Waals surface area contributed by atoms with Crippen molar-refractivity contribution in [3.63, 3.8) is 0 Å². The van der Waals surface area contributed by atoms with Crippen LogP contribution in [0.4, 0.5) is 17.3 Å². The lowest BCUT2D eigenvalue weighted by Gasteiger charge is -2.31. The summed E-state index contributed by atoms with van der Waals surface area (Å²) in [5.41, 5.74) is 11.3. The van der Waals surface area contributed by atoms with Crippen molar-refractivity contribution in [1.29, 1.82) is 0 Å². The SMILES string of the molecule is C=C(C(N)=O)c1cc(Nc2ncc(C)c(-n3cc(CN4CCC4)c(C4CC4)n3)n2)c(OC)cc1N1CCOCC1. The molecule has 3 aromatic rings. The number of carbonyl (C=O) groups is 1. The molecule has 1 amide bonds. The Kier molecular flexibility index (Phi) is 7.16. The number of benzene rings is 1. The number of methoxy groups -OCH3 is 1. The van der Waals surface area contributed by atoms with Crippen molar-refractivity contribution < 1.29 is 14.3 Å². The number of aryl methyl sites for hydroxylation is 1. The van der Waals surface area contributed by atoms with Crippen LogP contribution in [0.1, 0.15) is 47.6 Å². The average Bonchev–Trinajstić information content (AvgIpc) is 3.70. The number of morpholine rings is 1. The summed E-state index contributed by atoms with van der Waals surface area (Å²) in [6, 6.07) is 3.72. The molecule has 3 N–H and O–H groups in total. The number of nitrogens with two attached hydrogens (primary N) is 1. The minimum atomic E-state index is -0.585. The monoisotopic (exact) mass is 544 g/mol. The standard InChI is InChI=1S/C29H36N8O3/c1-18-15-31-29(33-28(18)37-17-21(16-35-7-4-8-35)26(34-37)20-5-6-20)32-23-13-22(19(2)27(30)38)24(14-25(23)39-3)36-9-11-40-12-10-36/h13-15,17,20H,2,4-12,16H2,1,3H3,(H2,30,38)(H,31,32,33). The van der Waals surface area contributed by atoms with E-state index in [1.54, 1.807) is 13.3 Å². The maximum atomic E-state index is 12.2. The van der Waals surface area contributed by atoms with Crippen LogP contribution >= 0.6 is 0 Å². The number of ether oxygens (including phenoxy) is 2. The molecular formula is C29H36N8O3. The first-order valence-electron chi connectivity index (χ1n) is 13.9. The zero-order chi connectivity index (χ0) is 27.8. The van der Waals surface area contributed by atoms with Gasteiger partial charge in [0.2, 0.25) is 11.9 Å². The fourth-order valence-corrected chi connectivity index (χ4v) is 5.26. The van der Waals surface area contributed by atoms with Gasteiger partial charge in [-0.25, -0.2) is 9.67 Å². The maximum Gasteiger partial charge on any atom is 0.248 e. The van der Waals surface area contributed by atoms with Crippen molar-refractivity contribution in [1.82, 2.24) is 24.6 Å². The molecule has 2 aliphatic heterocycles. The predicted molar refractivity (Wildman–Crippen MR) is 153 cm³/mol. The Hall–Kier alpha value is -3.96. The molecule has 0 atom stereocenters. The van der Waals surface area contributed by atoms with E-state index in [1.165, 1.54) is 30.5 Å². The fraction of sp³-hybridized carbons (Fsp3) is 0.448. The van der Waals surface area contributed by atoms with E-state index in [0.717, 1.165) is 36.7 Å². The molecule has 1 saturated carbocycles. The summed E-state index contributed by atoms with van der Waals surface area (Å²) in [6.45, 7) is 11.7. The van der Waals surface area contributed by atoms with Gasteiger partial charge in [-0.2, -0.15) is 10.1 Å². The Bertz CT molecular complexity index is 1440. The van der Waals surface area contributed by atoms with Gasteiger partial charge in [0.05, 0.1) is 31.7 Å². The molecule has 11 nitrogen and oxygen atoms in total. The van der Waals surface area contributed by atoms with E-state index in [2.05, 4.69) is 32.9 Å². The van der Waals surface area contributed by atoms with Crippen molar-refractivity contribution in [3.8, 4) is 11.6 Å². The highest BCUT2D eigenvalue weighted by atomic mass is 16.5. The third kappa shape index (κ3) is 5.26. The van der Waals surface area contributed by atoms with Crippen LogP contribution in [0.3, 0.4) is 0 Å². The van der Waals surface area contributed by atoms with Gasteiger partial charge in [0.1, 0.15) is 5.75 Å². The number of primary amides is 1. The van der Waals surface area contributed by atoms with Crippen molar-refractivity contribution in [2.24, 2.45) is 5.73 Å². The molecule has 3 fully saturated rings. The molecule has 3 aliphatic rings.